The van der Waals surface area contributed by atoms with Crippen molar-refractivity contribution in [2.45, 2.75) is 59.5 Å². The molecule has 30 heavy (non-hydrogen) atoms. The SMILES string of the molecule is CCOC(=O)[C@H](Cc1ccc(OC(C)=O)c(OC(C)=O)c1)NC(=O)[C@@H](N)CC(C)C. The van der Waals surface area contributed by atoms with Crippen molar-refractivity contribution in [1.82, 2.24) is 5.32 Å². The van der Waals surface area contributed by atoms with Crippen molar-refractivity contribution < 1.29 is 33.4 Å². The molecule has 0 aliphatic rings. The third kappa shape index (κ3) is 8.60. The van der Waals surface area contributed by atoms with Crippen LogP contribution in [-0.4, -0.2) is 42.5 Å². The second kappa shape index (κ2) is 11.9. The number of amides is 1. The number of benzene rings is 1. The van der Waals surface area contributed by atoms with Crippen molar-refractivity contribution in [1.29, 1.82) is 0 Å². The number of ether oxygens (including phenoxy) is 3. The zero-order valence-corrected chi connectivity index (χ0v) is 18.0. The van der Waals surface area contributed by atoms with Gasteiger partial charge in [0, 0.05) is 20.3 Å². The fourth-order valence-corrected chi connectivity index (χ4v) is 2.72. The summed E-state index contributed by atoms with van der Waals surface area (Å²) < 4.78 is 15.2. The molecule has 0 fully saturated rings. The Balaban J connectivity index is 3.09. The van der Waals surface area contributed by atoms with Gasteiger partial charge in [-0.15, -0.1) is 0 Å². The molecule has 9 heteroatoms. The first-order valence-corrected chi connectivity index (χ1v) is 9.75. The van der Waals surface area contributed by atoms with Crippen molar-refractivity contribution in [3.63, 3.8) is 0 Å². The molecular formula is C21H30N2O7. The first-order chi connectivity index (χ1) is 14.0. The van der Waals surface area contributed by atoms with Crippen LogP contribution in [0.2, 0.25) is 0 Å². The van der Waals surface area contributed by atoms with Gasteiger partial charge in [0.15, 0.2) is 11.5 Å². The molecule has 1 amide bonds. The maximum absolute atomic E-state index is 12.4. The minimum atomic E-state index is -0.986. The minimum absolute atomic E-state index is 0.0284. The number of carbonyl (C=O) groups excluding carboxylic acids is 4. The van der Waals surface area contributed by atoms with Gasteiger partial charge in [-0.3, -0.25) is 14.4 Å². The fraction of sp³-hybridized carbons (Fsp3) is 0.524. The Morgan fingerprint density at radius 1 is 1.03 bits per heavy atom. The molecule has 0 saturated carbocycles. The summed E-state index contributed by atoms with van der Waals surface area (Å²) in [5.74, 6) is -1.94. The zero-order valence-electron chi connectivity index (χ0n) is 18.0. The van der Waals surface area contributed by atoms with E-state index in [9.17, 15) is 19.2 Å². The van der Waals surface area contributed by atoms with Crippen LogP contribution in [0, 0.1) is 5.92 Å². The van der Waals surface area contributed by atoms with Crippen LogP contribution in [0.4, 0.5) is 0 Å². The molecule has 166 valence electrons. The van der Waals surface area contributed by atoms with E-state index in [1.54, 1.807) is 13.0 Å². The quantitative estimate of drug-likeness (QED) is 0.428. The summed E-state index contributed by atoms with van der Waals surface area (Å²) in [6.07, 6.45) is 0.530. The van der Waals surface area contributed by atoms with E-state index in [0.717, 1.165) is 0 Å². The third-order valence-electron chi connectivity index (χ3n) is 3.91. The molecule has 0 saturated heterocycles. The van der Waals surface area contributed by atoms with Crippen molar-refractivity contribution in [3.8, 4) is 11.5 Å². The van der Waals surface area contributed by atoms with Crippen LogP contribution >= 0.6 is 0 Å². The molecule has 0 radical (unpaired) electrons. The first-order valence-electron chi connectivity index (χ1n) is 9.75. The van der Waals surface area contributed by atoms with E-state index in [0.29, 0.717) is 12.0 Å². The molecule has 0 spiro atoms. The second-order valence-corrected chi connectivity index (χ2v) is 7.22. The molecule has 1 aromatic carbocycles. The van der Waals surface area contributed by atoms with Crippen LogP contribution in [-0.2, 0) is 30.3 Å². The van der Waals surface area contributed by atoms with Gasteiger partial charge in [-0.05, 0) is 37.0 Å². The normalized spacial score (nSPS) is 12.6. The number of nitrogens with two attached hydrogens (primary N) is 1. The average Bonchev–Trinajstić information content (AvgIpc) is 2.62. The van der Waals surface area contributed by atoms with Gasteiger partial charge in [-0.1, -0.05) is 19.9 Å². The highest BCUT2D eigenvalue weighted by Crippen LogP contribution is 2.29. The molecule has 1 rings (SSSR count). The van der Waals surface area contributed by atoms with Gasteiger partial charge in [-0.25, -0.2) is 4.79 Å². The maximum Gasteiger partial charge on any atom is 0.328 e. The van der Waals surface area contributed by atoms with Crippen LogP contribution in [0.15, 0.2) is 18.2 Å². The summed E-state index contributed by atoms with van der Waals surface area (Å²) in [6.45, 7) is 8.12. The smallest absolute Gasteiger partial charge is 0.328 e. The number of rotatable bonds is 10. The van der Waals surface area contributed by atoms with E-state index in [1.165, 1.54) is 26.0 Å². The van der Waals surface area contributed by atoms with Crippen LogP contribution in [0.3, 0.4) is 0 Å². The van der Waals surface area contributed by atoms with E-state index in [4.69, 9.17) is 19.9 Å². The van der Waals surface area contributed by atoms with Gasteiger partial charge in [0.1, 0.15) is 6.04 Å². The molecule has 3 N–H and O–H groups in total. The highest BCUT2D eigenvalue weighted by molar-refractivity contribution is 5.87. The maximum atomic E-state index is 12.4. The monoisotopic (exact) mass is 422 g/mol. The fourth-order valence-electron chi connectivity index (χ4n) is 2.72. The predicted octanol–water partition coefficient (Wildman–Crippen LogP) is 1.50. The topological polar surface area (TPSA) is 134 Å². The summed E-state index contributed by atoms with van der Waals surface area (Å²) in [7, 11) is 0. The minimum Gasteiger partial charge on any atom is -0.464 e. The van der Waals surface area contributed by atoms with Crippen molar-refractivity contribution in [3.05, 3.63) is 23.8 Å². The Morgan fingerprint density at radius 2 is 1.63 bits per heavy atom. The van der Waals surface area contributed by atoms with E-state index >= 15 is 0 Å². The third-order valence-corrected chi connectivity index (χ3v) is 3.91. The van der Waals surface area contributed by atoms with Crippen LogP contribution in [0.1, 0.15) is 46.6 Å². The molecule has 1 aromatic rings. The Morgan fingerprint density at radius 3 is 2.17 bits per heavy atom. The Kier molecular flexibility index (Phi) is 9.97. The molecule has 0 aliphatic heterocycles. The number of hydrogen-bond donors (Lipinski definition) is 2. The van der Waals surface area contributed by atoms with Crippen molar-refractivity contribution in [2.24, 2.45) is 11.7 Å². The molecular weight excluding hydrogens is 392 g/mol. The Hall–Kier alpha value is -2.94. The summed E-state index contributed by atoms with van der Waals surface area (Å²) in [5.41, 5.74) is 6.46. The molecule has 0 heterocycles. The lowest BCUT2D eigenvalue weighted by atomic mass is 10.0. The predicted molar refractivity (Wildman–Crippen MR) is 109 cm³/mol. The van der Waals surface area contributed by atoms with Gasteiger partial charge >= 0.3 is 17.9 Å². The number of hydrogen-bond acceptors (Lipinski definition) is 8. The Bertz CT molecular complexity index is 777. The summed E-state index contributed by atoms with van der Waals surface area (Å²) in [6, 6.07) is 2.76. The molecule has 0 aromatic heterocycles. The number of carbonyl (C=O) groups is 4. The summed E-state index contributed by atoms with van der Waals surface area (Å²) >= 11 is 0. The lowest BCUT2D eigenvalue weighted by molar-refractivity contribution is -0.147. The summed E-state index contributed by atoms with van der Waals surface area (Å²) in [5, 5.41) is 2.63. The van der Waals surface area contributed by atoms with Gasteiger partial charge in [0.25, 0.3) is 0 Å². The first kappa shape index (κ1) is 25.1. The van der Waals surface area contributed by atoms with Crippen LogP contribution in [0.5, 0.6) is 11.5 Å². The van der Waals surface area contributed by atoms with E-state index in [1.807, 2.05) is 13.8 Å². The lowest BCUT2D eigenvalue weighted by Gasteiger charge is -2.21. The number of esters is 3. The number of nitrogens with one attached hydrogen (secondary N) is 1. The van der Waals surface area contributed by atoms with Gasteiger partial charge in [0.2, 0.25) is 5.91 Å². The van der Waals surface area contributed by atoms with Crippen molar-refractivity contribution in [2.75, 3.05) is 6.61 Å². The highest BCUT2D eigenvalue weighted by atomic mass is 16.6. The van der Waals surface area contributed by atoms with E-state index in [-0.39, 0.29) is 30.4 Å². The lowest BCUT2D eigenvalue weighted by Crippen LogP contribution is -2.50. The average molecular weight is 422 g/mol. The molecule has 0 unspecified atom stereocenters. The molecule has 9 nitrogen and oxygen atoms in total. The van der Waals surface area contributed by atoms with Gasteiger partial charge in [-0.2, -0.15) is 0 Å². The summed E-state index contributed by atoms with van der Waals surface area (Å²) in [4.78, 5) is 47.4. The van der Waals surface area contributed by atoms with Gasteiger partial charge in [0.05, 0.1) is 12.6 Å². The van der Waals surface area contributed by atoms with E-state index in [2.05, 4.69) is 5.32 Å². The second-order valence-electron chi connectivity index (χ2n) is 7.22. The standard InChI is InChI=1S/C21H30N2O7/c1-6-28-21(27)17(23-20(26)16(22)9-12(2)3)10-15-7-8-18(29-13(4)24)19(11-15)30-14(5)25/h7-8,11-12,16-17H,6,9-10,22H2,1-5H3,(H,23,26)/t16-,17-/m0/s1. The van der Waals surface area contributed by atoms with E-state index < -0.39 is 35.9 Å². The Labute approximate surface area is 176 Å². The molecule has 2 atom stereocenters. The largest absolute Gasteiger partial charge is 0.464 e. The highest BCUT2D eigenvalue weighted by Gasteiger charge is 2.26. The van der Waals surface area contributed by atoms with Crippen LogP contribution < -0.4 is 20.5 Å². The molecule has 0 aliphatic carbocycles. The van der Waals surface area contributed by atoms with Crippen molar-refractivity contribution >= 4 is 23.8 Å². The van der Waals surface area contributed by atoms with Gasteiger partial charge < -0.3 is 25.3 Å². The van der Waals surface area contributed by atoms with Crippen LogP contribution in [0.25, 0.3) is 0 Å². The zero-order chi connectivity index (χ0) is 22.8. The molecule has 0 bridgehead atoms.